The second-order valence-corrected chi connectivity index (χ2v) is 17.2. The van der Waals surface area contributed by atoms with E-state index < -0.39 is 0 Å². The molecule has 3 aliphatic heterocycles. The van der Waals surface area contributed by atoms with E-state index >= 15 is 0 Å². The molecule has 3 fully saturated rings. The molecule has 0 radical (unpaired) electrons. The lowest BCUT2D eigenvalue weighted by Crippen LogP contribution is -2.23. The first-order valence-corrected chi connectivity index (χ1v) is 25.8. The van der Waals surface area contributed by atoms with E-state index in [1.807, 2.05) is 41.5 Å². The minimum atomic E-state index is 0.917. The van der Waals surface area contributed by atoms with Crippen molar-refractivity contribution in [3.05, 3.63) is 100 Å². The second-order valence-electron chi connectivity index (χ2n) is 17.2. The van der Waals surface area contributed by atoms with Crippen molar-refractivity contribution < 1.29 is 0 Å². The predicted octanol–water partition coefficient (Wildman–Crippen LogP) is 10.8. The molecular weight excluding hydrogens is 811 g/mol. The van der Waals surface area contributed by atoms with Gasteiger partial charge in [0.25, 0.3) is 0 Å². The molecule has 372 valence electrons. The Morgan fingerprint density at radius 2 is 0.379 bits per heavy atom. The summed E-state index contributed by atoms with van der Waals surface area (Å²) in [6.07, 6.45) is 11.9. The number of nitrogens with zero attached hydrogens (tertiary/aromatic N) is 3. The second kappa shape index (κ2) is 31.4. The summed E-state index contributed by atoms with van der Waals surface area (Å²) in [7, 11) is 5.29. The summed E-state index contributed by atoms with van der Waals surface area (Å²) >= 11 is 0. The summed E-state index contributed by atoms with van der Waals surface area (Å²) in [6, 6.07) is 0. The summed E-state index contributed by atoms with van der Waals surface area (Å²) in [5.41, 5.74) is 28.3. The van der Waals surface area contributed by atoms with Crippen LogP contribution in [-0.2, 0) is 38.5 Å². The molecule has 3 aromatic carbocycles. The van der Waals surface area contributed by atoms with Crippen LogP contribution in [0.3, 0.4) is 0 Å². The highest BCUT2D eigenvalue weighted by Gasteiger charge is 2.21. The number of benzene rings is 3. The molecule has 6 N–H and O–H groups in total. The molecular formula is C57H99N9. The Labute approximate surface area is 406 Å². The number of hydrogen-bond acceptors (Lipinski definition) is 3. The molecule has 0 aromatic heterocycles. The van der Waals surface area contributed by atoms with Crippen LogP contribution in [-0.4, -0.2) is 78.3 Å². The fourth-order valence-electron chi connectivity index (χ4n) is 9.51. The van der Waals surface area contributed by atoms with Gasteiger partial charge in [-0.3, -0.25) is 15.0 Å². The molecule has 0 bridgehead atoms. The molecule has 0 spiro atoms. The lowest BCUT2D eigenvalue weighted by Gasteiger charge is -2.15. The molecule has 3 aliphatic carbocycles. The first kappa shape index (κ1) is 59.5. The van der Waals surface area contributed by atoms with Crippen molar-refractivity contribution in [1.82, 2.24) is 31.9 Å². The monoisotopic (exact) mass is 910 g/mol. The normalized spacial score (nSPS) is 14.8. The number of fused-ring (bicyclic) bond motifs is 3. The van der Waals surface area contributed by atoms with Crippen molar-refractivity contribution >= 4 is 17.9 Å². The maximum Gasteiger partial charge on any atom is 0.191 e. The molecule has 9 nitrogen and oxygen atoms in total. The van der Waals surface area contributed by atoms with Gasteiger partial charge in [-0.25, -0.2) is 0 Å². The zero-order chi connectivity index (χ0) is 50.1. The highest BCUT2D eigenvalue weighted by Crippen LogP contribution is 2.35. The van der Waals surface area contributed by atoms with Gasteiger partial charge in [-0.1, -0.05) is 41.5 Å². The summed E-state index contributed by atoms with van der Waals surface area (Å²) in [4.78, 5) is 11.6. The van der Waals surface area contributed by atoms with E-state index in [0.717, 1.165) is 57.1 Å². The summed E-state index contributed by atoms with van der Waals surface area (Å²) in [5.74, 6) is 2.75. The lowest BCUT2D eigenvalue weighted by atomic mass is 9.90. The van der Waals surface area contributed by atoms with Gasteiger partial charge in [0, 0.05) is 60.4 Å². The topological polar surface area (TPSA) is 109 Å². The summed E-state index contributed by atoms with van der Waals surface area (Å²) in [5, 5.41) is 18.3. The Morgan fingerprint density at radius 1 is 0.242 bits per heavy atom. The third-order valence-corrected chi connectivity index (χ3v) is 14.2. The van der Waals surface area contributed by atoms with E-state index in [-0.39, 0.29) is 0 Å². The van der Waals surface area contributed by atoms with Crippen molar-refractivity contribution in [3.63, 3.8) is 0 Å². The molecule has 9 heteroatoms. The average Bonchev–Trinajstić information content (AvgIpc) is 4.22. The van der Waals surface area contributed by atoms with Gasteiger partial charge in [0.2, 0.25) is 0 Å². The molecule has 3 heterocycles. The van der Waals surface area contributed by atoms with E-state index in [1.165, 1.54) is 91.2 Å². The summed E-state index contributed by atoms with van der Waals surface area (Å²) in [6.45, 7) is 45.3. The van der Waals surface area contributed by atoms with Crippen LogP contribution >= 0.6 is 0 Å². The van der Waals surface area contributed by atoms with Gasteiger partial charge in [-0.2, -0.15) is 0 Å². The number of nitrogens with one attached hydrogen (secondary N) is 6. The number of guanidine groups is 3. The standard InChI is InChI=1S/3C13H18.3C4H9N3.3C2H6/c3*1-8-9(2)11(4)13-7-5-6-12(13)10(8)3;3*1-5-4-6-2-3-7-4;3*1-2/h3*5-7H2,1-4H3;3*2-3H2,1H3,(H2,5,6,7);3*1-2H3. The number of hydrogen-bond donors (Lipinski definition) is 6. The lowest BCUT2D eigenvalue weighted by molar-refractivity contribution is 0.907. The minimum Gasteiger partial charge on any atom is -0.355 e. The Morgan fingerprint density at radius 3 is 0.485 bits per heavy atom. The quantitative estimate of drug-likeness (QED) is 0.134. The van der Waals surface area contributed by atoms with Crippen molar-refractivity contribution in [2.75, 3.05) is 60.4 Å². The van der Waals surface area contributed by atoms with Gasteiger partial charge in [-0.15, -0.1) is 0 Å². The maximum absolute atomic E-state index is 3.88. The van der Waals surface area contributed by atoms with Crippen molar-refractivity contribution in [2.24, 2.45) is 15.0 Å². The van der Waals surface area contributed by atoms with Crippen molar-refractivity contribution in [1.29, 1.82) is 0 Å². The van der Waals surface area contributed by atoms with E-state index in [1.54, 1.807) is 87.9 Å². The molecule has 3 saturated heterocycles. The van der Waals surface area contributed by atoms with Crippen molar-refractivity contribution in [2.45, 2.75) is 182 Å². The van der Waals surface area contributed by atoms with Crippen LogP contribution < -0.4 is 31.9 Å². The third-order valence-electron chi connectivity index (χ3n) is 14.2. The van der Waals surface area contributed by atoms with Crippen LogP contribution in [0.15, 0.2) is 15.0 Å². The van der Waals surface area contributed by atoms with E-state index in [9.17, 15) is 0 Å². The van der Waals surface area contributed by atoms with Gasteiger partial charge in [-0.05, 0) is 241 Å². The average molecular weight is 910 g/mol. The minimum absolute atomic E-state index is 0.917. The number of aliphatic imine (C=N–C) groups is 3. The number of rotatable bonds is 0. The van der Waals surface area contributed by atoms with Crippen LogP contribution in [0.5, 0.6) is 0 Å². The van der Waals surface area contributed by atoms with Crippen molar-refractivity contribution in [3.8, 4) is 0 Å². The molecule has 9 rings (SSSR count). The van der Waals surface area contributed by atoms with E-state index in [4.69, 9.17) is 0 Å². The largest absolute Gasteiger partial charge is 0.355 e. The molecule has 0 amide bonds. The van der Waals surface area contributed by atoms with E-state index in [0.29, 0.717) is 0 Å². The molecule has 0 unspecified atom stereocenters. The zero-order valence-electron chi connectivity index (χ0n) is 46.4. The van der Waals surface area contributed by atoms with Gasteiger partial charge in [0.1, 0.15) is 0 Å². The SMILES string of the molecule is CC.CC.CC.CN=C1NCCN1.CN=C1NCCN1.CN=C1NCCN1.Cc1c(C)c(C)c2c(c1C)CCC2.Cc1c(C)c(C)c2c(c1C)CCC2.Cc1c(C)c(C)c2c(c1C)CCC2. The highest BCUT2D eigenvalue weighted by molar-refractivity contribution is 5.82. The third kappa shape index (κ3) is 16.1. The predicted molar refractivity (Wildman–Crippen MR) is 294 cm³/mol. The van der Waals surface area contributed by atoms with Crippen LogP contribution in [0.25, 0.3) is 0 Å². The fourth-order valence-corrected chi connectivity index (χ4v) is 9.51. The van der Waals surface area contributed by atoms with Crippen LogP contribution in [0.2, 0.25) is 0 Å². The van der Waals surface area contributed by atoms with Gasteiger partial charge in [0.15, 0.2) is 17.9 Å². The molecule has 66 heavy (non-hydrogen) atoms. The Bertz CT molecular complexity index is 1690. The van der Waals surface area contributed by atoms with Gasteiger partial charge in [0.05, 0.1) is 0 Å². The first-order chi connectivity index (χ1) is 31.7. The van der Waals surface area contributed by atoms with Gasteiger partial charge >= 0.3 is 0 Å². The van der Waals surface area contributed by atoms with Crippen LogP contribution in [0.4, 0.5) is 0 Å². The van der Waals surface area contributed by atoms with Crippen LogP contribution in [0.1, 0.15) is 161 Å². The smallest absolute Gasteiger partial charge is 0.191 e. The fraction of sp³-hybridized carbons (Fsp3) is 0.632. The Hall–Kier alpha value is -4.53. The molecule has 0 atom stereocenters. The molecule has 3 aromatic rings. The molecule has 6 aliphatic rings. The first-order valence-electron chi connectivity index (χ1n) is 25.8. The maximum atomic E-state index is 3.88. The highest BCUT2D eigenvalue weighted by atomic mass is 15.2. The zero-order valence-corrected chi connectivity index (χ0v) is 46.4. The van der Waals surface area contributed by atoms with Gasteiger partial charge < -0.3 is 31.9 Å². The Kier molecular flexibility index (Phi) is 28.3. The summed E-state index contributed by atoms with van der Waals surface area (Å²) < 4.78 is 0. The van der Waals surface area contributed by atoms with E-state index in [2.05, 4.69) is 130 Å². The molecule has 0 saturated carbocycles. The van der Waals surface area contributed by atoms with Crippen LogP contribution in [0, 0.1) is 83.1 Å². The Balaban J connectivity index is 0.000000394.